The highest BCUT2D eigenvalue weighted by Gasteiger charge is 2.19. The number of hydrogen-bond donors (Lipinski definition) is 2. The van der Waals surface area contributed by atoms with Crippen molar-refractivity contribution < 1.29 is 4.92 Å². The van der Waals surface area contributed by atoms with E-state index in [-0.39, 0.29) is 11.2 Å². The molecule has 8 nitrogen and oxygen atoms in total. The third kappa shape index (κ3) is 4.13. The van der Waals surface area contributed by atoms with Crippen LogP contribution in [-0.2, 0) is 0 Å². The summed E-state index contributed by atoms with van der Waals surface area (Å²) in [5.41, 5.74) is 6.29. The van der Waals surface area contributed by atoms with Crippen LogP contribution in [0.1, 0.15) is 16.8 Å². The van der Waals surface area contributed by atoms with Crippen molar-refractivity contribution in [2.75, 3.05) is 5.43 Å². The Labute approximate surface area is 177 Å². The molecule has 0 atom stereocenters. The number of nitro benzene ring substituents is 1. The number of benzene rings is 3. The highest BCUT2D eigenvalue weighted by molar-refractivity contribution is 6.13. The number of aromatic amines is 1. The second-order valence-corrected chi connectivity index (χ2v) is 6.83. The van der Waals surface area contributed by atoms with Gasteiger partial charge in [-0.3, -0.25) is 25.4 Å². The predicted octanol–water partition coefficient (Wildman–Crippen LogP) is 4.25. The van der Waals surface area contributed by atoms with Crippen molar-refractivity contribution in [2.45, 2.75) is 6.92 Å². The molecule has 0 saturated carbocycles. The average molecular weight is 413 g/mol. The molecule has 0 unspecified atom stereocenters. The molecule has 1 aromatic heterocycles. The first-order valence-corrected chi connectivity index (χ1v) is 9.55. The number of rotatable bonds is 6. The number of aryl methyl sites for hydroxylation is 1. The molecule has 0 aliphatic carbocycles. The number of hydrogen-bond acceptors (Lipinski definition) is 5. The van der Waals surface area contributed by atoms with Crippen molar-refractivity contribution in [2.24, 2.45) is 5.10 Å². The van der Waals surface area contributed by atoms with E-state index < -0.39 is 4.92 Å². The largest absolute Gasteiger partial charge is 0.295 e. The topological polar surface area (TPSA) is 105 Å². The third-order valence-corrected chi connectivity index (χ3v) is 4.74. The summed E-state index contributed by atoms with van der Waals surface area (Å²) in [5.74, 6) is 0. The summed E-state index contributed by atoms with van der Waals surface area (Å²) in [4.78, 5) is 23.7. The zero-order chi connectivity index (χ0) is 21.8. The molecular formula is C23H19N5O3. The summed E-state index contributed by atoms with van der Waals surface area (Å²) in [6, 6.07) is 24.6. The molecule has 0 aliphatic rings. The molecule has 0 aliphatic heterocycles. The van der Waals surface area contributed by atoms with Crippen LogP contribution in [-0.4, -0.2) is 20.4 Å². The van der Waals surface area contributed by atoms with E-state index in [9.17, 15) is 14.9 Å². The second-order valence-electron chi connectivity index (χ2n) is 6.83. The van der Waals surface area contributed by atoms with Gasteiger partial charge in [0, 0.05) is 23.4 Å². The van der Waals surface area contributed by atoms with Gasteiger partial charge in [0.05, 0.1) is 21.9 Å². The van der Waals surface area contributed by atoms with Gasteiger partial charge in [-0.1, -0.05) is 48.5 Å². The fourth-order valence-electron chi connectivity index (χ4n) is 3.22. The van der Waals surface area contributed by atoms with Gasteiger partial charge in [-0.15, -0.1) is 0 Å². The number of para-hydroxylation sites is 1. The van der Waals surface area contributed by atoms with E-state index in [4.69, 9.17) is 0 Å². The van der Waals surface area contributed by atoms with E-state index in [1.807, 2.05) is 67.6 Å². The molecule has 0 spiro atoms. The first-order chi connectivity index (χ1) is 15.0. The van der Waals surface area contributed by atoms with Crippen molar-refractivity contribution in [3.05, 3.63) is 122 Å². The zero-order valence-electron chi connectivity index (χ0n) is 16.6. The summed E-state index contributed by atoms with van der Waals surface area (Å²) < 4.78 is 1.48. The molecule has 0 radical (unpaired) electrons. The number of hydrazone groups is 1. The maximum absolute atomic E-state index is 13.3. The summed E-state index contributed by atoms with van der Waals surface area (Å²) in [6.45, 7) is 1.82. The number of nitrogens with one attached hydrogen (secondary N) is 2. The number of nitrogens with zero attached hydrogens (tertiary/aromatic N) is 3. The maximum atomic E-state index is 13.3. The highest BCUT2D eigenvalue weighted by atomic mass is 16.6. The monoisotopic (exact) mass is 413 g/mol. The molecule has 2 N–H and O–H groups in total. The van der Waals surface area contributed by atoms with Crippen molar-refractivity contribution in [3.8, 4) is 5.69 Å². The summed E-state index contributed by atoms with van der Waals surface area (Å²) in [6.07, 6.45) is 0. The minimum Gasteiger partial charge on any atom is -0.295 e. The molecule has 3 aromatic carbocycles. The van der Waals surface area contributed by atoms with E-state index in [1.54, 1.807) is 12.1 Å². The van der Waals surface area contributed by atoms with Gasteiger partial charge in [-0.25, -0.2) is 4.68 Å². The molecule has 0 saturated heterocycles. The Bertz CT molecular complexity index is 1290. The number of anilines is 1. The smallest absolute Gasteiger partial charge is 0.281 e. The predicted molar refractivity (Wildman–Crippen MR) is 120 cm³/mol. The van der Waals surface area contributed by atoms with Gasteiger partial charge < -0.3 is 0 Å². The van der Waals surface area contributed by atoms with Crippen molar-refractivity contribution in [1.29, 1.82) is 0 Å². The van der Waals surface area contributed by atoms with Crippen LogP contribution in [0.5, 0.6) is 0 Å². The number of aromatic nitrogens is 2. The first kappa shape index (κ1) is 19.8. The zero-order valence-corrected chi connectivity index (χ0v) is 16.6. The van der Waals surface area contributed by atoms with E-state index in [1.165, 1.54) is 16.8 Å². The van der Waals surface area contributed by atoms with E-state index in [0.29, 0.717) is 22.7 Å². The Morgan fingerprint density at radius 1 is 0.968 bits per heavy atom. The van der Waals surface area contributed by atoms with Crippen molar-refractivity contribution >= 4 is 17.1 Å². The van der Waals surface area contributed by atoms with Gasteiger partial charge in [0.15, 0.2) is 0 Å². The Balaban J connectivity index is 1.78. The van der Waals surface area contributed by atoms with Crippen molar-refractivity contribution in [1.82, 2.24) is 9.78 Å². The van der Waals surface area contributed by atoms with Crippen LogP contribution in [0.15, 0.2) is 94.8 Å². The maximum Gasteiger partial charge on any atom is 0.281 e. The number of H-pyrrole nitrogens is 1. The van der Waals surface area contributed by atoms with Crippen LogP contribution in [0.25, 0.3) is 5.69 Å². The molecular weight excluding hydrogens is 394 g/mol. The summed E-state index contributed by atoms with van der Waals surface area (Å²) in [7, 11) is 0. The average Bonchev–Trinajstić information content (AvgIpc) is 3.10. The molecule has 8 heteroatoms. The standard InChI is InChI=1S/C23H19N5O3/c1-16-21(23(29)27(26-16)19-10-6-3-7-11-19)22(17-8-4-2-5-9-17)25-24-18-12-14-20(15-13-18)28(30)31/h2-15,24,26H,1H3. The Kier molecular flexibility index (Phi) is 5.44. The lowest BCUT2D eigenvalue weighted by molar-refractivity contribution is -0.384. The van der Waals surface area contributed by atoms with Crippen LogP contribution in [0.2, 0.25) is 0 Å². The van der Waals surface area contributed by atoms with Gasteiger partial charge in [0.1, 0.15) is 5.71 Å². The van der Waals surface area contributed by atoms with Crippen LogP contribution < -0.4 is 11.0 Å². The van der Waals surface area contributed by atoms with Gasteiger partial charge in [0.25, 0.3) is 11.2 Å². The molecule has 0 fully saturated rings. The lowest BCUT2D eigenvalue weighted by Crippen LogP contribution is -2.22. The lowest BCUT2D eigenvalue weighted by atomic mass is 10.0. The third-order valence-electron chi connectivity index (χ3n) is 4.74. The number of nitro groups is 1. The molecule has 154 valence electrons. The van der Waals surface area contributed by atoms with E-state index in [2.05, 4.69) is 15.6 Å². The van der Waals surface area contributed by atoms with Crippen LogP contribution in [0.4, 0.5) is 11.4 Å². The fraction of sp³-hybridized carbons (Fsp3) is 0.0435. The van der Waals surface area contributed by atoms with Crippen molar-refractivity contribution in [3.63, 3.8) is 0 Å². The normalized spacial score (nSPS) is 11.3. The molecule has 0 amide bonds. The van der Waals surface area contributed by atoms with Crippen LogP contribution >= 0.6 is 0 Å². The second kappa shape index (κ2) is 8.50. The quantitative estimate of drug-likeness (QED) is 0.280. The van der Waals surface area contributed by atoms with Gasteiger partial charge in [0.2, 0.25) is 0 Å². The Hall–Kier alpha value is -4.46. The molecule has 4 rings (SSSR count). The Morgan fingerprint density at radius 3 is 2.19 bits per heavy atom. The van der Waals surface area contributed by atoms with Crippen LogP contribution in [0.3, 0.4) is 0 Å². The summed E-state index contributed by atoms with van der Waals surface area (Å²) >= 11 is 0. The fourth-order valence-corrected chi connectivity index (χ4v) is 3.22. The van der Waals surface area contributed by atoms with E-state index in [0.717, 1.165) is 11.3 Å². The SMILES string of the molecule is Cc1[nH]n(-c2ccccc2)c(=O)c1C(=NNc1ccc([N+](=O)[O-])cc1)c1ccccc1. The highest BCUT2D eigenvalue weighted by Crippen LogP contribution is 2.17. The molecule has 0 bridgehead atoms. The number of non-ortho nitro benzene ring substituents is 1. The Morgan fingerprint density at radius 2 is 1.58 bits per heavy atom. The van der Waals surface area contributed by atoms with Gasteiger partial charge in [-0.2, -0.15) is 5.10 Å². The minimum absolute atomic E-state index is 0.00922. The molecule has 1 heterocycles. The van der Waals surface area contributed by atoms with Gasteiger partial charge in [-0.05, 0) is 31.2 Å². The minimum atomic E-state index is -0.461. The molecule has 31 heavy (non-hydrogen) atoms. The van der Waals surface area contributed by atoms with E-state index >= 15 is 0 Å². The van der Waals surface area contributed by atoms with Crippen LogP contribution in [0, 0.1) is 17.0 Å². The molecule has 4 aromatic rings. The lowest BCUT2D eigenvalue weighted by Gasteiger charge is -2.07. The van der Waals surface area contributed by atoms with Gasteiger partial charge >= 0.3 is 0 Å². The summed E-state index contributed by atoms with van der Waals surface area (Å²) in [5, 5.41) is 18.5. The first-order valence-electron chi connectivity index (χ1n) is 9.55.